The van der Waals surface area contributed by atoms with Crippen LogP contribution in [0, 0.1) is 12.7 Å². The summed E-state index contributed by atoms with van der Waals surface area (Å²) in [5.41, 5.74) is 5.32. The molecule has 0 saturated heterocycles. The largest absolute Gasteiger partial charge is 0.272 e. The van der Waals surface area contributed by atoms with Crippen LogP contribution in [0.5, 0.6) is 0 Å². The number of thioether (sulfide) groups is 1. The first-order chi connectivity index (χ1) is 16.0. The zero-order chi connectivity index (χ0) is 23.2. The van der Waals surface area contributed by atoms with Gasteiger partial charge in [-0.15, -0.1) is 10.2 Å². The first-order valence-electron chi connectivity index (χ1n) is 9.84. The molecule has 33 heavy (non-hydrogen) atoms. The van der Waals surface area contributed by atoms with Gasteiger partial charge < -0.3 is 0 Å². The number of amides is 1. The molecule has 0 saturated carbocycles. The van der Waals surface area contributed by atoms with Crippen LogP contribution in [-0.2, 0) is 4.79 Å². The zero-order valence-electron chi connectivity index (χ0n) is 17.4. The summed E-state index contributed by atoms with van der Waals surface area (Å²) in [6, 6.07) is 15.9. The second-order valence-corrected chi connectivity index (χ2v) is 8.28. The summed E-state index contributed by atoms with van der Waals surface area (Å²) in [5, 5.41) is 13.2. The highest BCUT2D eigenvalue weighted by atomic mass is 35.5. The average Bonchev–Trinajstić information content (AvgIpc) is 3.25. The van der Waals surface area contributed by atoms with Gasteiger partial charge in [-0.2, -0.15) is 5.10 Å². The van der Waals surface area contributed by atoms with Crippen LogP contribution in [0.2, 0.25) is 5.02 Å². The number of pyridine rings is 1. The number of aromatic nitrogens is 4. The summed E-state index contributed by atoms with van der Waals surface area (Å²) < 4.78 is 15.7. The van der Waals surface area contributed by atoms with Crippen molar-refractivity contribution in [1.29, 1.82) is 0 Å². The van der Waals surface area contributed by atoms with Crippen LogP contribution in [0.4, 0.5) is 4.39 Å². The van der Waals surface area contributed by atoms with E-state index in [1.54, 1.807) is 18.5 Å². The molecule has 0 radical (unpaired) electrons. The summed E-state index contributed by atoms with van der Waals surface area (Å²) in [5.74, 6) is -0.239. The van der Waals surface area contributed by atoms with Gasteiger partial charge in [-0.25, -0.2) is 9.82 Å². The van der Waals surface area contributed by atoms with Crippen molar-refractivity contribution in [3.05, 3.63) is 89.0 Å². The van der Waals surface area contributed by atoms with Crippen LogP contribution in [-0.4, -0.2) is 37.6 Å². The number of benzene rings is 2. The number of hydrogen-bond donors (Lipinski definition) is 1. The van der Waals surface area contributed by atoms with E-state index >= 15 is 0 Å². The maximum absolute atomic E-state index is 13.8. The number of nitrogens with one attached hydrogen (secondary N) is 1. The van der Waals surface area contributed by atoms with Crippen molar-refractivity contribution in [2.24, 2.45) is 5.10 Å². The van der Waals surface area contributed by atoms with Crippen molar-refractivity contribution in [3.63, 3.8) is 0 Å². The topological polar surface area (TPSA) is 85.1 Å². The molecule has 0 aliphatic rings. The normalized spacial score (nSPS) is 11.1. The van der Waals surface area contributed by atoms with Crippen molar-refractivity contribution < 1.29 is 9.18 Å². The van der Waals surface area contributed by atoms with Gasteiger partial charge >= 0.3 is 0 Å². The Labute approximate surface area is 198 Å². The molecule has 0 fully saturated rings. The lowest BCUT2D eigenvalue weighted by atomic mass is 10.2. The highest BCUT2D eigenvalue weighted by Crippen LogP contribution is 2.27. The molecule has 4 aromatic rings. The molecule has 10 heteroatoms. The lowest BCUT2D eigenvalue weighted by Gasteiger charge is -2.10. The molecule has 1 amide bonds. The molecular formula is C23H18ClFN6OS. The van der Waals surface area contributed by atoms with E-state index < -0.39 is 5.82 Å². The fraction of sp³-hybridized carbons (Fsp3) is 0.0870. The Morgan fingerprint density at radius 2 is 1.91 bits per heavy atom. The van der Waals surface area contributed by atoms with Crippen LogP contribution in [0.15, 0.2) is 77.2 Å². The number of carbonyl (C=O) groups is 1. The monoisotopic (exact) mass is 480 g/mol. The third-order valence-electron chi connectivity index (χ3n) is 4.58. The standard InChI is InChI=1S/C23H18ClFN6OS/c1-15-5-7-17(8-6-15)31-22(16-9-11-26-12-10-16)29-30-23(31)33-14-21(32)28-27-13-18-19(24)3-2-4-20(18)25/h2-13H,14H2,1H3,(H,28,32)/b27-13+. The SMILES string of the molecule is Cc1ccc(-n2c(SCC(=O)N/N=C/c3c(F)cccc3Cl)nnc2-c2ccncc2)cc1. The van der Waals surface area contributed by atoms with Gasteiger partial charge in [-0.1, -0.05) is 47.1 Å². The van der Waals surface area contributed by atoms with E-state index in [1.165, 1.54) is 30.1 Å². The molecule has 7 nitrogen and oxygen atoms in total. The summed E-state index contributed by atoms with van der Waals surface area (Å²) in [4.78, 5) is 16.4. The molecule has 0 atom stereocenters. The Balaban J connectivity index is 1.51. The second kappa shape index (κ2) is 10.4. The quantitative estimate of drug-likeness (QED) is 0.236. The molecule has 4 rings (SSSR count). The van der Waals surface area contributed by atoms with Crippen molar-refractivity contribution in [2.75, 3.05) is 5.75 Å². The Morgan fingerprint density at radius 3 is 2.64 bits per heavy atom. The Morgan fingerprint density at radius 1 is 1.15 bits per heavy atom. The molecule has 2 aromatic heterocycles. The number of nitrogens with zero attached hydrogens (tertiary/aromatic N) is 5. The fourth-order valence-corrected chi connectivity index (χ4v) is 3.90. The Hall–Kier alpha value is -3.56. The van der Waals surface area contributed by atoms with E-state index in [9.17, 15) is 9.18 Å². The Bertz CT molecular complexity index is 1270. The number of rotatable bonds is 7. The lowest BCUT2D eigenvalue weighted by molar-refractivity contribution is -0.118. The van der Waals surface area contributed by atoms with Crippen molar-refractivity contribution in [1.82, 2.24) is 25.2 Å². The van der Waals surface area contributed by atoms with E-state index in [4.69, 9.17) is 11.6 Å². The van der Waals surface area contributed by atoms with Crippen molar-refractivity contribution in [2.45, 2.75) is 12.1 Å². The minimum absolute atomic E-state index is 0.0304. The summed E-state index contributed by atoms with van der Waals surface area (Å²) >= 11 is 7.16. The van der Waals surface area contributed by atoms with Crippen LogP contribution in [0.1, 0.15) is 11.1 Å². The lowest BCUT2D eigenvalue weighted by Crippen LogP contribution is -2.20. The van der Waals surface area contributed by atoms with E-state index in [-0.39, 0.29) is 22.2 Å². The number of hydrazone groups is 1. The van der Waals surface area contributed by atoms with Crippen LogP contribution >= 0.6 is 23.4 Å². The van der Waals surface area contributed by atoms with Crippen LogP contribution in [0.25, 0.3) is 17.1 Å². The molecule has 0 spiro atoms. The molecular weight excluding hydrogens is 463 g/mol. The third kappa shape index (κ3) is 5.44. The predicted molar refractivity (Wildman–Crippen MR) is 127 cm³/mol. The molecule has 2 heterocycles. The van der Waals surface area contributed by atoms with Gasteiger partial charge in [0.2, 0.25) is 0 Å². The van der Waals surface area contributed by atoms with Crippen molar-refractivity contribution >= 4 is 35.5 Å². The third-order valence-corrected chi connectivity index (χ3v) is 5.84. The molecule has 0 unspecified atom stereocenters. The first kappa shape index (κ1) is 22.6. The molecule has 2 aromatic carbocycles. The maximum Gasteiger partial charge on any atom is 0.250 e. The summed E-state index contributed by atoms with van der Waals surface area (Å²) in [6.45, 7) is 2.01. The van der Waals surface area contributed by atoms with Gasteiger partial charge in [-0.3, -0.25) is 14.3 Å². The summed E-state index contributed by atoms with van der Waals surface area (Å²) in [6.07, 6.45) is 4.55. The van der Waals surface area contributed by atoms with Gasteiger partial charge in [0.15, 0.2) is 11.0 Å². The van der Waals surface area contributed by atoms with E-state index in [0.29, 0.717) is 11.0 Å². The van der Waals surface area contributed by atoms with Gasteiger partial charge in [0.1, 0.15) is 5.82 Å². The molecule has 0 aliphatic heterocycles. The van der Waals surface area contributed by atoms with Crippen LogP contribution in [0.3, 0.4) is 0 Å². The maximum atomic E-state index is 13.8. The molecule has 0 aliphatic carbocycles. The highest BCUT2D eigenvalue weighted by molar-refractivity contribution is 7.99. The summed E-state index contributed by atoms with van der Waals surface area (Å²) in [7, 11) is 0. The highest BCUT2D eigenvalue weighted by Gasteiger charge is 2.17. The minimum Gasteiger partial charge on any atom is -0.272 e. The van der Waals surface area contributed by atoms with Crippen molar-refractivity contribution in [3.8, 4) is 17.1 Å². The average molecular weight is 481 g/mol. The first-order valence-corrected chi connectivity index (χ1v) is 11.2. The van der Waals surface area contributed by atoms with E-state index in [1.807, 2.05) is 47.9 Å². The Kier molecular flexibility index (Phi) is 7.11. The minimum atomic E-state index is -0.523. The van der Waals surface area contributed by atoms with Gasteiger partial charge in [0.05, 0.1) is 17.0 Å². The fourth-order valence-electron chi connectivity index (χ4n) is 2.94. The number of hydrogen-bond acceptors (Lipinski definition) is 6. The van der Waals surface area contributed by atoms with Crippen LogP contribution < -0.4 is 5.43 Å². The number of aryl methyl sites for hydroxylation is 1. The van der Waals surface area contributed by atoms with E-state index in [2.05, 4.69) is 25.7 Å². The predicted octanol–water partition coefficient (Wildman–Crippen LogP) is 4.67. The van der Waals surface area contributed by atoms with Gasteiger partial charge in [0.25, 0.3) is 5.91 Å². The van der Waals surface area contributed by atoms with E-state index in [0.717, 1.165) is 16.8 Å². The van der Waals surface area contributed by atoms with Gasteiger partial charge in [-0.05, 0) is 43.3 Å². The number of carbonyl (C=O) groups excluding carboxylic acids is 1. The molecule has 1 N–H and O–H groups in total. The molecule has 0 bridgehead atoms. The zero-order valence-corrected chi connectivity index (χ0v) is 19.0. The molecule has 166 valence electrons. The second-order valence-electron chi connectivity index (χ2n) is 6.93. The van der Waals surface area contributed by atoms with Gasteiger partial charge in [0, 0.05) is 29.2 Å². The number of halogens is 2. The smallest absolute Gasteiger partial charge is 0.250 e.